The standard InChI is InChI=1S/C16H19BrN2O2S/c1-18(2)15-8-4-13(5-9-15)12-19(3)22(20,21)16-10-6-14(17)7-11-16/h4-11H,12H2,1-3H3. The van der Waals surface area contributed by atoms with Crippen molar-refractivity contribution in [2.24, 2.45) is 0 Å². The first-order chi connectivity index (χ1) is 10.3. The molecule has 6 heteroatoms. The molecular weight excluding hydrogens is 364 g/mol. The molecule has 0 aliphatic heterocycles. The van der Waals surface area contributed by atoms with Gasteiger partial charge in [-0.05, 0) is 42.0 Å². The number of benzene rings is 2. The van der Waals surface area contributed by atoms with Crippen LogP contribution in [-0.4, -0.2) is 33.9 Å². The molecule has 0 spiro atoms. The molecule has 118 valence electrons. The van der Waals surface area contributed by atoms with Crippen molar-refractivity contribution in [2.45, 2.75) is 11.4 Å². The minimum atomic E-state index is -3.48. The summed E-state index contributed by atoms with van der Waals surface area (Å²) in [6.07, 6.45) is 0. The van der Waals surface area contributed by atoms with Gasteiger partial charge in [-0.3, -0.25) is 0 Å². The van der Waals surface area contributed by atoms with Gasteiger partial charge in [0.15, 0.2) is 0 Å². The lowest BCUT2D eigenvalue weighted by Gasteiger charge is -2.18. The van der Waals surface area contributed by atoms with Crippen LogP contribution in [0.4, 0.5) is 5.69 Å². The average Bonchev–Trinajstić information content (AvgIpc) is 2.48. The van der Waals surface area contributed by atoms with Gasteiger partial charge in [-0.1, -0.05) is 28.1 Å². The van der Waals surface area contributed by atoms with Crippen LogP contribution in [-0.2, 0) is 16.6 Å². The number of hydrogen-bond acceptors (Lipinski definition) is 3. The van der Waals surface area contributed by atoms with E-state index in [1.54, 1.807) is 31.3 Å². The van der Waals surface area contributed by atoms with Crippen molar-refractivity contribution >= 4 is 31.6 Å². The van der Waals surface area contributed by atoms with E-state index < -0.39 is 10.0 Å². The van der Waals surface area contributed by atoms with Gasteiger partial charge in [0.05, 0.1) is 4.90 Å². The Kier molecular flexibility index (Phi) is 5.26. The van der Waals surface area contributed by atoms with Crippen LogP contribution in [0.3, 0.4) is 0 Å². The topological polar surface area (TPSA) is 40.6 Å². The highest BCUT2D eigenvalue weighted by Crippen LogP contribution is 2.20. The van der Waals surface area contributed by atoms with Crippen molar-refractivity contribution in [3.8, 4) is 0 Å². The third-order valence-electron chi connectivity index (χ3n) is 3.38. The molecule has 0 fully saturated rings. The largest absolute Gasteiger partial charge is 0.378 e. The third-order valence-corrected chi connectivity index (χ3v) is 5.73. The van der Waals surface area contributed by atoms with Crippen molar-refractivity contribution in [2.75, 3.05) is 26.0 Å². The molecule has 2 aromatic rings. The summed E-state index contributed by atoms with van der Waals surface area (Å²) in [5.74, 6) is 0. The van der Waals surface area contributed by atoms with E-state index in [0.29, 0.717) is 11.4 Å². The summed E-state index contributed by atoms with van der Waals surface area (Å²) in [7, 11) is 2.06. The lowest BCUT2D eigenvalue weighted by Crippen LogP contribution is -2.26. The molecule has 0 radical (unpaired) electrons. The van der Waals surface area contributed by atoms with Gasteiger partial charge in [0.2, 0.25) is 10.0 Å². The van der Waals surface area contributed by atoms with Crippen LogP contribution in [0, 0.1) is 0 Å². The fraction of sp³-hybridized carbons (Fsp3) is 0.250. The van der Waals surface area contributed by atoms with Crippen molar-refractivity contribution in [1.29, 1.82) is 0 Å². The second kappa shape index (κ2) is 6.81. The Balaban J connectivity index is 2.17. The van der Waals surface area contributed by atoms with Gasteiger partial charge < -0.3 is 4.90 Å². The average molecular weight is 383 g/mol. The molecule has 2 aromatic carbocycles. The van der Waals surface area contributed by atoms with Gasteiger partial charge in [-0.2, -0.15) is 4.31 Å². The molecule has 0 heterocycles. The third kappa shape index (κ3) is 3.88. The van der Waals surface area contributed by atoms with Crippen molar-refractivity contribution in [3.05, 3.63) is 58.6 Å². The van der Waals surface area contributed by atoms with Crippen molar-refractivity contribution in [1.82, 2.24) is 4.31 Å². The summed E-state index contributed by atoms with van der Waals surface area (Å²) in [6.45, 7) is 0.339. The van der Waals surface area contributed by atoms with Crippen molar-refractivity contribution < 1.29 is 8.42 Å². The summed E-state index contributed by atoms with van der Waals surface area (Å²) < 4.78 is 27.3. The fourth-order valence-electron chi connectivity index (χ4n) is 2.03. The van der Waals surface area contributed by atoms with E-state index >= 15 is 0 Å². The van der Waals surface area contributed by atoms with E-state index in [-0.39, 0.29) is 0 Å². The molecule has 0 saturated carbocycles. The SMILES string of the molecule is CN(C)c1ccc(CN(C)S(=O)(=O)c2ccc(Br)cc2)cc1. The monoisotopic (exact) mass is 382 g/mol. The predicted octanol–water partition coefficient (Wildman–Crippen LogP) is 3.34. The number of hydrogen-bond donors (Lipinski definition) is 0. The van der Waals surface area contributed by atoms with Gasteiger partial charge in [-0.15, -0.1) is 0 Å². The van der Waals surface area contributed by atoms with Crippen LogP contribution in [0.2, 0.25) is 0 Å². The molecule has 0 aromatic heterocycles. The molecule has 0 N–H and O–H groups in total. The number of rotatable bonds is 5. The van der Waals surface area contributed by atoms with E-state index in [9.17, 15) is 8.42 Å². The zero-order chi connectivity index (χ0) is 16.3. The van der Waals surface area contributed by atoms with Gasteiger partial charge in [0.25, 0.3) is 0 Å². The first kappa shape index (κ1) is 17.0. The van der Waals surface area contributed by atoms with Gasteiger partial charge >= 0.3 is 0 Å². The molecule has 0 unspecified atom stereocenters. The molecule has 0 saturated heterocycles. The van der Waals surface area contributed by atoms with E-state index in [4.69, 9.17) is 0 Å². The zero-order valence-corrected chi connectivity index (χ0v) is 15.2. The Bertz CT molecular complexity index is 726. The maximum Gasteiger partial charge on any atom is 0.243 e. The number of sulfonamides is 1. The fourth-order valence-corrected chi connectivity index (χ4v) is 3.45. The first-order valence-electron chi connectivity index (χ1n) is 6.79. The molecule has 22 heavy (non-hydrogen) atoms. The summed E-state index contributed by atoms with van der Waals surface area (Å²) in [4.78, 5) is 2.30. The van der Waals surface area contributed by atoms with Crippen molar-refractivity contribution in [3.63, 3.8) is 0 Å². The van der Waals surface area contributed by atoms with Gasteiger partial charge in [-0.25, -0.2) is 8.42 Å². The quantitative estimate of drug-likeness (QED) is 0.795. The van der Waals surface area contributed by atoms with E-state index in [1.807, 2.05) is 43.3 Å². The normalized spacial score (nSPS) is 11.7. The molecule has 4 nitrogen and oxygen atoms in total. The minimum Gasteiger partial charge on any atom is -0.378 e. The van der Waals surface area contributed by atoms with Gasteiger partial charge in [0.1, 0.15) is 0 Å². The Morgan fingerprint density at radius 1 is 0.909 bits per heavy atom. The number of anilines is 1. The van der Waals surface area contributed by atoms with E-state index in [0.717, 1.165) is 15.7 Å². The van der Waals surface area contributed by atoms with Gasteiger partial charge in [0, 0.05) is 37.8 Å². The summed E-state index contributed by atoms with van der Waals surface area (Å²) in [5, 5.41) is 0. The molecule has 0 aliphatic carbocycles. The van der Waals surface area contributed by atoms with Crippen LogP contribution in [0.15, 0.2) is 57.9 Å². The van der Waals surface area contributed by atoms with Crippen LogP contribution in [0.25, 0.3) is 0 Å². The van der Waals surface area contributed by atoms with E-state index in [2.05, 4.69) is 15.9 Å². The predicted molar refractivity (Wildman–Crippen MR) is 93.6 cm³/mol. The number of nitrogens with zero attached hydrogens (tertiary/aromatic N) is 2. The summed E-state index contributed by atoms with van der Waals surface area (Å²) >= 11 is 3.31. The van der Waals surface area contributed by atoms with Crippen LogP contribution in [0.5, 0.6) is 0 Å². The minimum absolute atomic E-state index is 0.295. The molecule has 2 rings (SSSR count). The second-order valence-corrected chi connectivity index (χ2v) is 8.24. The lowest BCUT2D eigenvalue weighted by molar-refractivity contribution is 0.466. The highest BCUT2D eigenvalue weighted by molar-refractivity contribution is 9.10. The molecule has 0 amide bonds. The maximum absolute atomic E-state index is 12.5. The molecule has 0 atom stereocenters. The molecule has 0 bridgehead atoms. The van der Waals surface area contributed by atoms with Crippen LogP contribution < -0.4 is 4.90 Å². The number of halogens is 1. The highest BCUT2D eigenvalue weighted by Gasteiger charge is 2.20. The smallest absolute Gasteiger partial charge is 0.243 e. The Labute approximate surface area is 140 Å². The summed E-state index contributed by atoms with van der Waals surface area (Å²) in [6, 6.07) is 14.5. The molecular formula is C16H19BrN2O2S. The Hall–Kier alpha value is -1.37. The maximum atomic E-state index is 12.5. The Morgan fingerprint density at radius 2 is 1.45 bits per heavy atom. The molecule has 0 aliphatic rings. The first-order valence-corrected chi connectivity index (χ1v) is 9.02. The Morgan fingerprint density at radius 3 is 1.95 bits per heavy atom. The van der Waals surface area contributed by atoms with Crippen LogP contribution in [0.1, 0.15) is 5.56 Å². The second-order valence-electron chi connectivity index (χ2n) is 5.28. The highest BCUT2D eigenvalue weighted by atomic mass is 79.9. The van der Waals surface area contributed by atoms with Crippen LogP contribution >= 0.6 is 15.9 Å². The lowest BCUT2D eigenvalue weighted by atomic mass is 10.2. The van der Waals surface area contributed by atoms with E-state index in [1.165, 1.54) is 4.31 Å². The summed E-state index contributed by atoms with van der Waals surface area (Å²) in [5.41, 5.74) is 2.04. The zero-order valence-electron chi connectivity index (χ0n) is 12.8.